The smallest absolute Gasteiger partial charge is 0.248 e. The van der Waals surface area contributed by atoms with Crippen molar-refractivity contribution in [1.29, 1.82) is 0 Å². The predicted octanol–water partition coefficient (Wildman–Crippen LogP) is 8.24. The molecule has 0 amide bonds. The SMILES string of the molecule is CCCCc1ccc(-c2cc(-c3ccc4cc(C)ccc4n3)ccc2C(F)(F)F)cc1. The van der Waals surface area contributed by atoms with Crippen molar-refractivity contribution in [2.45, 2.75) is 39.3 Å². The minimum atomic E-state index is -4.43. The average Bonchev–Trinajstić information content (AvgIpc) is 2.76. The van der Waals surface area contributed by atoms with Crippen LogP contribution < -0.4 is 0 Å². The molecule has 1 heterocycles. The van der Waals surface area contributed by atoms with Gasteiger partial charge in [0.15, 0.2) is 0 Å². The lowest BCUT2D eigenvalue weighted by molar-refractivity contribution is -0.137. The average molecular weight is 419 g/mol. The molecular formula is C27H24F3N. The van der Waals surface area contributed by atoms with Crippen LogP contribution in [-0.4, -0.2) is 4.98 Å². The molecule has 0 bridgehead atoms. The molecule has 0 radical (unpaired) electrons. The van der Waals surface area contributed by atoms with Gasteiger partial charge in [0.1, 0.15) is 0 Å². The molecule has 31 heavy (non-hydrogen) atoms. The number of aryl methyl sites for hydroxylation is 2. The number of hydrogen-bond acceptors (Lipinski definition) is 1. The molecule has 1 aromatic heterocycles. The van der Waals surface area contributed by atoms with Crippen LogP contribution in [0.3, 0.4) is 0 Å². The fraction of sp³-hybridized carbons (Fsp3) is 0.222. The van der Waals surface area contributed by atoms with Gasteiger partial charge in [-0.3, -0.25) is 0 Å². The second-order valence-corrected chi connectivity index (χ2v) is 7.95. The van der Waals surface area contributed by atoms with E-state index in [1.807, 2.05) is 49.4 Å². The highest BCUT2D eigenvalue weighted by molar-refractivity contribution is 5.83. The van der Waals surface area contributed by atoms with E-state index in [2.05, 4.69) is 11.9 Å². The van der Waals surface area contributed by atoms with Crippen molar-refractivity contribution in [3.63, 3.8) is 0 Å². The van der Waals surface area contributed by atoms with Crippen molar-refractivity contribution >= 4 is 10.9 Å². The van der Waals surface area contributed by atoms with Crippen molar-refractivity contribution in [1.82, 2.24) is 4.98 Å². The van der Waals surface area contributed by atoms with Crippen LogP contribution in [0.2, 0.25) is 0 Å². The first-order chi connectivity index (χ1) is 14.8. The summed E-state index contributed by atoms with van der Waals surface area (Å²) < 4.78 is 41.2. The summed E-state index contributed by atoms with van der Waals surface area (Å²) in [5, 5.41) is 1.01. The second-order valence-electron chi connectivity index (χ2n) is 7.95. The fourth-order valence-electron chi connectivity index (χ4n) is 3.83. The lowest BCUT2D eigenvalue weighted by atomic mass is 9.94. The molecule has 0 aliphatic carbocycles. The maximum absolute atomic E-state index is 13.7. The topological polar surface area (TPSA) is 12.9 Å². The molecule has 1 nitrogen and oxygen atoms in total. The zero-order chi connectivity index (χ0) is 22.0. The number of aromatic nitrogens is 1. The third-order valence-corrected chi connectivity index (χ3v) is 5.55. The fourth-order valence-corrected chi connectivity index (χ4v) is 3.83. The Morgan fingerprint density at radius 1 is 0.806 bits per heavy atom. The lowest BCUT2D eigenvalue weighted by Gasteiger charge is -2.15. The molecule has 4 aromatic rings. The Bertz CT molecular complexity index is 1210. The van der Waals surface area contributed by atoms with Gasteiger partial charge in [0.2, 0.25) is 0 Å². The highest BCUT2D eigenvalue weighted by atomic mass is 19.4. The van der Waals surface area contributed by atoms with Gasteiger partial charge in [0.05, 0.1) is 16.8 Å². The van der Waals surface area contributed by atoms with E-state index in [1.165, 1.54) is 6.07 Å². The van der Waals surface area contributed by atoms with E-state index in [9.17, 15) is 13.2 Å². The third-order valence-electron chi connectivity index (χ3n) is 5.55. The summed E-state index contributed by atoms with van der Waals surface area (Å²) in [5.41, 5.74) is 4.54. The highest BCUT2D eigenvalue weighted by Crippen LogP contribution is 2.39. The molecule has 0 saturated heterocycles. The molecule has 4 heteroatoms. The Morgan fingerprint density at radius 3 is 2.26 bits per heavy atom. The normalized spacial score (nSPS) is 11.8. The van der Waals surface area contributed by atoms with Crippen molar-refractivity contribution in [3.8, 4) is 22.4 Å². The van der Waals surface area contributed by atoms with E-state index < -0.39 is 11.7 Å². The van der Waals surface area contributed by atoms with Gasteiger partial charge >= 0.3 is 6.18 Å². The summed E-state index contributed by atoms with van der Waals surface area (Å²) in [6.45, 7) is 4.14. The molecule has 0 N–H and O–H groups in total. The number of nitrogens with zero attached hydrogens (tertiary/aromatic N) is 1. The Balaban J connectivity index is 1.79. The molecule has 0 saturated carbocycles. The second kappa shape index (κ2) is 8.54. The number of fused-ring (bicyclic) bond motifs is 1. The standard InChI is InChI=1S/C27H24F3N/c1-3-4-5-19-7-9-20(10-8-19)23-17-22(11-13-24(23)27(28,29)30)26-15-12-21-16-18(2)6-14-25(21)31-26/h6-17H,3-5H2,1-2H3. The summed E-state index contributed by atoms with van der Waals surface area (Å²) in [5.74, 6) is 0. The van der Waals surface area contributed by atoms with Gasteiger partial charge in [-0.15, -0.1) is 0 Å². The predicted molar refractivity (Wildman–Crippen MR) is 121 cm³/mol. The highest BCUT2D eigenvalue weighted by Gasteiger charge is 2.33. The summed E-state index contributed by atoms with van der Waals surface area (Å²) in [7, 11) is 0. The minimum Gasteiger partial charge on any atom is -0.248 e. The Kier molecular flexibility index (Phi) is 5.81. The maximum atomic E-state index is 13.7. The van der Waals surface area contributed by atoms with E-state index in [-0.39, 0.29) is 5.56 Å². The maximum Gasteiger partial charge on any atom is 0.417 e. The number of alkyl halides is 3. The van der Waals surface area contributed by atoms with Crippen LogP contribution >= 0.6 is 0 Å². The van der Waals surface area contributed by atoms with Crippen molar-refractivity contribution in [2.75, 3.05) is 0 Å². The van der Waals surface area contributed by atoms with Crippen LogP contribution in [0.5, 0.6) is 0 Å². The molecule has 0 aliphatic rings. The first kappa shape index (κ1) is 21.1. The number of halogens is 3. The van der Waals surface area contributed by atoms with Gasteiger partial charge in [-0.05, 0) is 66.8 Å². The van der Waals surface area contributed by atoms with Gasteiger partial charge < -0.3 is 0 Å². The third kappa shape index (κ3) is 4.63. The number of unbranched alkanes of at least 4 members (excludes halogenated alkanes) is 1. The molecule has 0 unspecified atom stereocenters. The van der Waals surface area contributed by atoms with E-state index in [4.69, 9.17) is 0 Å². The van der Waals surface area contributed by atoms with E-state index in [1.54, 1.807) is 18.2 Å². The number of rotatable bonds is 5. The van der Waals surface area contributed by atoms with E-state index in [0.717, 1.165) is 47.4 Å². The van der Waals surface area contributed by atoms with Gasteiger partial charge in [-0.25, -0.2) is 4.98 Å². The first-order valence-corrected chi connectivity index (χ1v) is 10.5. The summed E-state index contributed by atoms with van der Waals surface area (Å²) in [6.07, 6.45) is -1.34. The molecule has 0 fully saturated rings. The summed E-state index contributed by atoms with van der Waals surface area (Å²) in [4.78, 5) is 4.68. The van der Waals surface area contributed by atoms with Gasteiger partial charge in [0, 0.05) is 10.9 Å². The Morgan fingerprint density at radius 2 is 1.55 bits per heavy atom. The van der Waals surface area contributed by atoms with E-state index >= 15 is 0 Å². The number of hydrogen-bond donors (Lipinski definition) is 0. The summed E-state index contributed by atoms with van der Waals surface area (Å²) in [6, 6.07) is 21.5. The quantitative estimate of drug-likeness (QED) is 0.317. The van der Waals surface area contributed by atoms with Gasteiger partial charge in [0.25, 0.3) is 0 Å². The zero-order valence-corrected chi connectivity index (χ0v) is 17.6. The van der Waals surface area contributed by atoms with Crippen molar-refractivity contribution in [2.24, 2.45) is 0 Å². The van der Waals surface area contributed by atoms with Gasteiger partial charge in [-0.2, -0.15) is 13.2 Å². The minimum absolute atomic E-state index is 0.179. The van der Waals surface area contributed by atoms with E-state index in [0.29, 0.717) is 16.8 Å². The number of benzene rings is 3. The molecule has 4 rings (SSSR count). The van der Waals surface area contributed by atoms with Crippen LogP contribution in [0.1, 0.15) is 36.5 Å². The van der Waals surface area contributed by atoms with Crippen LogP contribution in [0.4, 0.5) is 13.2 Å². The lowest BCUT2D eigenvalue weighted by Crippen LogP contribution is -2.07. The van der Waals surface area contributed by atoms with Crippen LogP contribution in [0.15, 0.2) is 72.8 Å². The molecular weight excluding hydrogens is 395 g/mol. The van der Waals surface area contributed by atoms with Crippen molar-refractivity contribution in [3.05, 3.63) is 89.5 Å². The van der Waals surface area contributed by atoms with Gasteiger partial charge in [-0.1, -0.05) is 61.4 Å². The van der Waals surface area contributed by atoms with Crippen LogP contribution in [0.25, 0.3) is 33.3 Å². The zero-order valence-electron chi connectivity index (χ0n) is 17.6. The molecule has 0 spiro atoms. The largest absolute Gasteiger partial charge is 0.417 e. The Labute approximate surface area is 180 Å². The molecule has 158 valence electrons. The summed E-state index contributed by atoms with van der Waals surface area (Å²) >= 11 is 0. The molecule has 0 aliphatic heterocycles. The number of pyridine rings is 1. The van der Waals surface area contributed by atoms with Crippen LogP contribution in [-0.2, 0) is 12.6 Å². The van der Waals surface area contributed by atoms with Crippen LogP contribution in [0, 0.1) is 6.92 Å². The molecule has 0 atom stereocenters. The van der Waals surface area contributed by atoms with Crippen molar-refractivity contribution < 1.29 is 13.2 Å². The molecule has 3 aromatic carbocycles. The Hall–Kier alpha value is -3.14. The first-order valence-electron chi connectivity index (χ1n) is 10.5. The monoisotopic (exact) mass is 419 g/mol.